The van der Waals surface area contributed by atoms with Crippen LogP contribution in [0.15, 0.2) is 29.3 Å². The van der Waals surface area contributed by atoms with Gasteiger partial charge in [0.1, 0.15) is 12.4 Å². The van der Waals surface area contributed by atoms with Crippen LogP contribution >= 0.6 is 24.0 Å². The largest absolute Gasteiger partial charge is 0.492 e. The molecule has 0 radical (unpaired) electrons. The number of rotatable bonds is 11. The summed E-state index contributed by atoms with van der Waals surface area (Å²) in [6.45, 7) is 7.65. The van der Waals surface area contributed by atoms with Gasteiger partial charge in [-0.25, -0.2) is 0 Å². The zero-order valence-corrected chi connectivity index (χ0v) is 21.9. The molecule has 182 valence electrons. The van der Waals surface area contributed by atoms with Gasteiger partial charge in [-0.15, -0.1) is 24.0 Å². The summed E-state index contributed by atoms with van der Waals surface area (Å²) in [5, 5.41) is 6.76. The van der Waals surface area contributed by atoms with E-state index in [0.717, 1.165) is 64.1 Å². The van der Waals surface area contributed by atoms with Crippen molar-refractivity contribution in [3.8, 4) is 5.75 Å². The second-order valence-corrected chi connectivity index (χ2v) is 8.29. The molecule has 1 heterocycles. The molecule has 32 heavy (non-hydrogen) atoms. The van der Waals surface area contributed by atoms with Gasteiger partial charge in [0.25, 0.3) is 0 Å². The molecule has 1 aromatic rings. The van der Waals surface area contributed by atoms with Crippen molar-refractivity contribution in [2.45, 2.75) is 51.2 Å². The fourth-order valence-corrected chi connectivity index (χ4v) is 4.03. The molecule has 1 saturated carbocycles. The number of aliphatic imine (C=N–C) groups is 1. The molecule has 0 amide bonds. The highest BCUT2D eigenvalue weighted by Crippen LogP contribution is 2.20. The van der Waals surface area contributed by atoms with E-state index in [1.54, 1.807) is 7.05 Å². The third-order valence-electron chi connectivity index (χ3n) is 5.88. The highest BCUT2D eigenvalue weighted by atomic mass is 127. The number of nitrogens with one attached hydrogen (secondary N) is 2. The van der Waals surface area contributed by atoms with Crippen LogP contribution in [0.25, 0.3) is 0 Å². The van der Waals surface area contributed by atoms with Crippen molar-refractivity contribution in [1.29, 1.82) is 0 Å². The first kappa shape index (κ1) is 27.1. The molecule has 0 aromatic heterocycles. The van der Waals surface area contributed by atoms with Crippen LogP contribution in [0.5, 0.6) is 5.75 Å². The molecule has 1 aliphatic carbocycles. The fraction of sp³-hybridized carbons (Fsp3) is 0.708. The number of nitrogens with zero attached hydrogens (tertiary/aromatic N) is 2. The van der Waals surface area contributed by atoms with Gasteiger partial charge < -0.3 is 24.8 Å². The molecule has 0 bridgehead atoms. The Morgan fingerprint density at radius 1 is 1.12 bits per heavy atom. The van der Waals surface area contributed by atoms with E-state index in [1.165, 1.54) is 37.7 Å². The number of hydrogen-bond acceptors (Lipinski definition) is 5. The molecular formula is C24H41IN4O3. The van der Waals surface area contributed by atoms with Crippen LogP contribution in [0.1, 0.15) is 44.1 Å². The second-order valence-electron chi connectivity index (χ2n) is 8.29. The molecule has 0 spiro atoms. The van der Waals surface area contributed by atoms with Crippen LogP contribution in [0.4, 0.5) is 0 Å². The number of guanidine groups is 1. The van der Waals surface area contributed by atoms with Crippen molar-refractivity contribution >= 4 is 29.9 Å². The summed E-state index contributed by atoms with van der Waals surface area (Å²) in [5.41, 5.74) is 1.17. The maximum absolute atomic E-state index is 5.99. The molecule has 8 heteroatoms. The summed E-state index contributed by atoms with van der Waals surface area (Å²) < 4.78 is 17.3. The molecule has 3 rings (SSSR count). The first-order valence-electron chi connectivity index (χ1n) is 11.9. The van der Waals surface area contributed by atoms with Crippen LogP contribution in [0.2, 0.25) is 0 Å². The summed E-state index contributed by atoms with van der Waals surface area (Å²) in [4.78, 5) is 6.70. The van der Waals surface area contributed by atoms with Gasteiger partial charge >= 0.3 is 0 Å². The van der Waals surface area contributed by atoms with Crippen LogP contribution in [0.3, 0.4) is 0 Å². The topological polar surface area (TPSA) is 67.4 Å². The van der Waals surface area contributed by atoms with Gasteiger partial charge in [0, 0.05) is 46.4 Å². The highest BCUT2D eigenvalue weighted by molar-refractivity contribution is 14.0. The molecule has 1 saturated heterocycles. The Morgan fingerprint density at radius 3 is 2.72 bits per heavy atom. The molecule has 7 nitrogen and oxygen atoms in total. The van der Waals surface area contributed by atoms with E-state index in [9.17, 15) is 0 Å². The summed E-state index contributed by atoms with van der Waals surface area (Å²) in [5.74, 6) is 1.73. The average molecular weight is 561 g/mol. The fourth-order valence-electron chi connectivity index (χ4n) is 4.03. The minimum atomic E-state index is 0. The number of hydrogen-bond donors (Lipinski definition) is 2. The van der Waals surface area contributed by atoms with Crippen molar-refractivity contribution in [3.63, 3.8) is 0 Å². The number of halogens is 1. The third-order valence-corrected chi connectivity index (χ3v) is 5.88. The maximum atomic E-state index is 5.99. The highest BCUT2D eigenvalue weighted by Gasteiger charge is 2.13. The molecule has 0 unspecified atom stereocenters. The number of ether oxygens (including phenoxy) is 3. The van der Waals surface area contributed by atoms with Gasteiger partial charge in [-0.3, -0.25) is 9.89 Å². The normalized spacial score (nSPS) is 18.1. The van der Waals surface area contributed by atoms with E-state index in [-0.39, 0.29) is 24.0 Å². The molecule has 1 aliphatic heterocycles. The van der Waals surface area contributed by atoms with Crippen molar-refractivity contribution < 1.29 is 14.2 Å². The Balaban J connectivity index is 0.00000363. The van der Waals surface area contributed by atoms with Gasteiger partial charge in [0.2, 0.25) is 0 Å². The van der Waals surface area contributed by atoms with E-state index in [0.29, 0.717) is 19.3 Å². The van der Waals surface area contributed by atoms with Crippen molar-refractivity contribution in [1.82, 2.24) is 15.5 Å². The Bertz CT molecular complexity index is 650. The molecule has 2 aliphatic rings. The molecule has 2 N–H and O–H groups in total. The Morgan fingerprint density at radius 2 is 1.94 bits per heavy atom. The lowest BCUT2D eigenvalue weighted by Gasteiger charge is -2.26. The first-order valence-corrected chi connectivity index (χ1v) is 11.9. The standard InChI is InChI=1S/C24H40N4O3.HI/c1-25-24(26-11-6-15-30-22-8-3-2-4-9-22)27-20-21-7-5-10-23(19-21)31-18-14-28-12-16-29-17-13-28;/h5,7,10,19,22H,2-4,6,8-9,11-18,20H2,1H3,(H2,25,26,27);1H. The van der Waals surface area contributed by atoms with Crippen LogP contribution in [0, 0.1) is 0 Å². The Kier molecular flexibility index (Phi) is 14.0. The summed E-state index contributed by atoms with van der Waals surface area (Å²) >= 11 is 0. The van der Waals surface area contributed by atoms with Crippen LogP contribution in [-0.4, -0.2) is 76.6 Å². The van der Waals surface area contributed by atoms with Crippen LogP contribution < -0.4 is 15.4 Å². The zero-order chi connectivity index (χ0) is 21.6. The van der Waals surface area contributed by atoms with Crippen molar-refractivity contribution in [3.05, 3.63) is 29.8 Å². The van der Waals surface area contributed by atoms with Crippen molar-refractivity contribution in [2.24, 2.45) is 4.99 Å². The third kappa shape index (κ3) is 10.7. The van der Waals surface area contributed by atoms with E-state index in [2.05, 4.69) is 32.7 Å². The summed E-state index contributed by atoms with van der Waals surface area (Å²) in [6, 6.07) is 8.26. The van der Waals surface area contributed by atoms with Crippen LogP contribution in [-0.2, 0) is 16.0 Å². The maximum Gasteiger partial charge on any atom is 0.191 e. The van der Waals surface area contributed by atoms with E-state index in [1.807, 2.05) is 12.1 Å². The van der Waals surface area contributed by atoms with Gasteiger partial charge in [-0.1, -0.05) is 31.4 Å². The summed E-state index contributed by atoms with van der Waals surface area (Å²) in [7, 11) is 1.80. The predicted molar refractivity (Wildman–Crippen MR) is 140 cm³/mol. The van der Waals surface area contributed by atoms with Gasteiger partial charge in [0.15, 0.2) is 5.96 Å². The van der Waals surface area contributed by atoms with Gasteiger partial charge in [0.05, 0.1) is 19.3 Å². The quantitative estimate of drug-likeness (QED) is 0.187. The van der Waals surface area contributed by atoms with E-state index in [4.69, 9.17) is 14.2 Å². The van der Waals surface area contributed by atoms with Gasteiger partial charge in [-0.05, 0) is 37.0 Å². The minimum Gasteiger partial charge on any atom is -0.492 e. The summed E-state index contributed by atoms with van der Waals surface area (Å²) in [6.07, 6.45) is 7.93. The lowest BCUT2D eigenvalue weighted by atomic mass is 9.98. The number of morpholine rings is 1. The lowest BCUT2D eigenvalue weighted by Crippen LogP contribution is -2.38. The first-order chi connectivity index (χ1) is 15.3. The van der Waals surface area contributed by atoms with Crippen molar-refractivity contribution in [2.75, 3.05) is 59.7 Å². The minimum absolute atomic E-state index is 0. The lowest BCUT2D eigenvalue weighted by molar-refractivity contribution is 0.0277. The molecule has 1 aromatic carbocycles. The van der Waals surface area contributed by atoms with E-state index >= 15 is 0 Å². The van der Waals surface area contributed by atoms with E-state index < -0.39 is 0 Å². The smallest absolute Gasteiger partial charge is 0.191 e. The second kappa shape index (κ2) is 16.5. The molecule has 0 atom stereocenters. The van der Waals surface area contributed by atoms with Gasteiger partial charge in [-0.2, -0.15) is 0 Å². The molecular weight excluding hydrogens is 519 g/mol. The molecule has 2 fully saturated rings. The average Bonchev–Trinajstić information content (AvgIpc) is 2.82. The number of benzene rings is 1. The Labute approximate surface area is 210 Å². The monoisotopic (exact) mass is 560 g/mol. The SMILES string of the molecule is CN=C(NCCCOC1CCCCC1)NCc1cccc(OCCN2CCOCC2)c1.I. The predicted octanol–water partition coefficient (Wildman–Crippen LogP) is 3.42. The Hall–Kier alpha value is -1.10. The zero-order valence-electron chi connectivity index (χ0n) is 19.5.